The van der Waals surface area contributed by atoms with Crippen LogP contribution in [0.5, 0.6) is 0 Å². The van der Waals surface area contributed by atoms with E-state index in [1.807, 2.05) is 0 Å². The van der Waals surface area contributed by atoms with Gasteiger partial charge in [0.1, 0.15) is 5.82 Å². The number of aryl methyl sites for hydroxylation is 1. The van der Waals surface area contributed by atoms with E-state index in [0.29, 0.717) is 11.3 Å². The van der Waals surface area contributed by atoms with E-state index in [1.165, 1.54) is 36.4 Å². The molecule has 0 unspecified atom stereocenters. The van der Waals surface area contributed by atoms with Crippen molar-refractivity contribution in [3.63, 3.8) is 0 Å². The van der Waals surface area contributed by atoms with Crippen molar-refractivity contribution in [2.45, 2.75) is 39.0 Å². The van der Waals surface area contributed by atoms with Crippen LogP contribution in [-0.4, -0.2) is 16.7 Å². The van der Waals surface area contributed by atoms with Crippen LogP contribution < -0.4 is 10.6 Å². The summed E-state index contributed by atoms with van der Waals surface area (Å²) in [4.78, 5) is 35.2. The third kappa shape index (κ3) is 4.96. The Labute approximate surface area is 167 Å². The third-order valence-electron chi connectivity index (χ3n) is 5.11. The molecule has 0 aromatic heterocycles. The van der Waals surface area contributed by atoms with Crippen LogP contribution in [0.3, 0.4) is 0 Å². The molecule has 0 heterocycles. The number of rotatable bonds is 5. The van der Waals surface area contributed by atoms with E-state index in [2.05, 4.69) is 10.6 Å². The number of nitro groups is 1. The zero-order chi connectivity index (χ0) is 21.0. The second-order valence-electron chi connectivity index (χ2n) is 7.23. The third-order valence-corrected chi connectivity index (χ3v) is 5.11. The largest absolute Gasteiger partial charge is 0.323 e. The average molecular weight is 399 g/mol. The van der Waals surface area contributed by atoms with Crippen LogP contribution in [0.2, 0.25) is 0 Å². The Morgan fingerprint density at radius 3 is 2.45 bits per heavy atom. The molecule has 1 saturated carbocycles. The first-order chi connectivity index (χ1) is 13.8. The summed E-state index contributed by atoms with van der Waals surface area (Å²) in [6.45, 7) is 1.55. The first kappa shape index (κ1) is 20.4. The molecule has 2 aromatic rings. The van der Waals surface area contributed by atoms with Gasteiger partial charge in [0.15, 0.2) is 0 Å². The molecule has 1 aliphatic carbocycles. The topological polar surface area (TPSA) is 101 Å². The molecular weight excluding hydrogens is 377 g/mol. The molecule has 7 nitrogen and oxygen atoms in total. The van der Waals surface area contributed by atoms with Gasteiger partial charge in [0.25, 0.3) is 11.6 Å². The van der Waals surface area contributed by atoms with Crippen molar-refractivity contribution >= 4 is 28.9 Å². The van der Waals surface area contributed by atoms with Crippen molar-refractivity contribution < 1.29 is 18.9 Å². The fraction of sp³-hybridized carbons (Fsp3) is 0.333. The van der Waals surface area contributed by atoms with E-state index >= 15 is 0 Å². The predicted octanol–water partition coefficient (Wildman–Crippen LogP) is 4.81. The van der Waals surface area contributed by atoms with Gasteiger partial charge < -0.3 is 10.6 Å². The molecule has 0 saturated heterocycles. The zero-order valence-corrected chi connectivity index (χ0v) is 16.0. The number of amides is 2. The summed E-state index contributed by atoms with van der Waals surface area (Å²) in [5, 5.41) is 16.2. The summed E-state index contributed by atoms with van der Waals surface area (Å²) in [5.74, 6) is -1.40. The molecular formula is C21H22FN3O4. The number of hydrogen-bond donors (Lipinski definition) is 2. The molecule has 0 bridgehead atoms. The number of halogens is 1. The fourth-order valence-corrected chi connectivity index (χ4v) is 3.50. The number of carbonyl (C=O) groups is 2. The van der Waals surface area contributed by atoms with Crippen LogP contribution >= 0.6 is 0 Å². The average Bonchev–Trinajstić information content (AvgIpc) is 2.70. The van der Waals surface area contributed by atoms with Gasteiger partial charge in [-0.25, -0.2) is 4.39 Å². The molecule has 2 N–H and O–H groups in total. The molecule has 2 aromatic carbocycles. The summed E-state index contributed by atoms with van der Waals surface area (Å²) < 4.78 is 14.1. The highest BCUT2D eigenvalue weighted by Crippen LogP contribution is 2.27. The van der Waals surface area contributed by atoms with Gasteiger partial charge in [-0.05, 0) is 50.1 Å². The molecule has 29 heavy (non-hydrogen) atoms. The van der Waals surface area contributed by atoms with E-state index in [-0.39, 0.29) is 28.8 Å². The summed E-state index contributed by atoms with van der Waals surface area (Å²) in [7, 11) is 0. The number of nitrogens with zero attached hydrogens (tertiary/aromatic N) is 1. The number of anilines is 2. The lowest BCUT2D eigenvalue weighted by atomic mass is 9.88. The van der Waals surface area contributed by atoms with Crippen LogP contribution in [0.1, 0.15) is 48.0 Å². The lowest BCUT2D eigenvalue weighted by molar-refractivity contribution is -0.385. The second-order valence-corrected chi connectivity index (χ2v) is 7.23. The SMILES string of the molecule is Cc1cc(C(=O)Nc2ccc(F)c(NC(=O)C3CCCCC3)c2)ccc1[N+](=O)[O-]. The first-order valence-corrected chi connectivity index (χ1v) is 9.52. The van der Waals surface area contributed by atoms with Crippen LogP contribution in [0, 0.1) is 28.8 Å². The van der Waals surface area contributed by atoms with Crippen LogP contribution in [-0.2, 0) is 4.79 Å². The Morgan fingerprint density at radius 2 is 1.79 bits per heavy atom. The van der Waals surface area contributed by atoms with Gasteiger partial charge in [-0.3, -0.25) is 19.7 Å². The zero-order valence-electron chi connectivity index (χ0n) is 16.0. The molecule has 1 aliphatic rings. The molecule has 0 radical (unpaired) electrons. The number of carbonyl (C=O) groups excluding carboxylic acids is 2. The lowest BCUT2D eigenvalue weighted by Gasteiger charge is -2.21. The lowest BCUT2D eigenvalue weighted by Crippen LogP contribution is -2.25. The maximum Gasteiger partial charge on any atom is 0.272 e. The maximum atomic E-state index is 14.1. The smallest absolute Gasteiger partial charge is 0.272 e. The highest BCUT2D eigenvalue weighted by molar-refractivity contribution is 6.05. The van der Waals surface area contributed by atoms with Crippen molar-refractivity contribution in [3.05, 3.63) is 63.5 Å². The van der Waals surface area contributed by atoms with Crippen LogP contribution in [0.25, 0.3) is 0 Å². The van der Waals surface area contributed by atoms with Crippen molar-refractivity contribution in [1.29, 1.82) is 0 Å². The van der Waals surface area contributed by atoms with Crippen molar-refractivity contribution in [1.82, 2.24) is 0 Å². The monoisotopic (exact) mass is 399 g/mol. The number of nitrogens with one attached hydrogen (secondary N) is 2. The molecule has 2 amide bonds. The van der Waals surface area contributed by atoms with E-state index in [4.69, 9.17) is 0 Å². The minimum absolute atomic E-state index is 0.0123. The van der Waals surface area contributed by atoms with Gasteiger partial charge in [-0.2, -0.15) is 0 Å². The Bertz CT molecular complexity index is 955. The highest BCUT2D eigenvalue weighted by atomic mass is 19.1. The predicted molar refractivity (Wildman–Crippen MR) is 107 cm³/mol. The standard InChI is InChI=1S/C21H22FN3O4/c1-13-11-15(7-10-19(13)25(28)29)21(27)23-16-8-9-17(22)18(12-16)24-20(26)14-5-3-2-4-6-14/h7-12,14H,2-6H2,1H3,(H,23,27)(H,24,26). The van der Waals surface area contributed by atoms with E-state index < -0.39 is 16.6 Å². The summed E-state index contributed by atoms with van der Waals surface area (Å²) in [6.07, 6.45) is 4.69. The molecule has 0 atom stereocenters. The van der Waals surface area contributed by atoms with Crippen LogP contribution in [0.4, 0.5) is 21.5 Å². The summed E-state index contributed by atoms with van der Waals surface area (Å²) in [6, 6.07) is 7.98. The number of benzene rings is 2. The minimum Gasteiger partial charge on any atom is -0.323 e. The van der Waals surface area contributed by atoms with Gasteiger partial charge in [0, 0.05) is 28.8 Å². The van der Waals surface area contributed by atoms with E-state index in [1.54, 1.807) is 6.92 Å². The Hall–Kier alpha value is -3.29. The van der Waals surface area contributed by atoms with E-state index in [9.17, 15) is 24.1 Å². The van der Waals surface area contributed by atoms with Gasteiger partial charge in [0.05, 0.1) is 10.6 Å². The normalized spacial score (nSPS) is 14.3. The number of hydrogen-bond acceptors (Lipinski definition) is 4. The van der Waals surface area contributed by atoms with Crippen LogP contribution in [0.15, 0.2) is 36.4 Å². The Kier molecular flexibility index (Phi) is 6.21. The van der Waals surface area contributed by atoms with Gasteiger partial charge >= 0.3 is 0 Å². The molecule has 0 spiro atoms. The summed E-state index contributed by atoms with van der Waals surface area (Å²) in [5.41, 5.74) is 0.855. The van der Waals surface area contributed by atoms with Crippen molar-refractivity contribution in [3.8, 4) is 0 Å². The van der Waals surface area contributed by atoms with Gasteiger partial charge in [-0.1, -0.05) is 19.3 Å². The number of nitro benzene ring substituents is 1. The molecule has 152 valence electrons. The maximum absolute atomic E-state index is 14.1. The van der Waals surface area contributed by atoms with Crippen molar-refractivity contribution in [2.75, 3.05) is 10.6 Å². The van der Waals surface area contributed by atoms with E-state index in [0.717, 1.165) is 32.1 Å². The molecule has 1 fully saturated rings. The van der Waals surface area contributed by atoms with Crippen molar-refractivity contribution in [2.24, 2.45) is 5.92 Å². The molecule has 3 rings (SSSR count). The fourth-order valence-electron chi connectivity index (χ4n) is 3.50. The second kappa shape index (κ2) is 8.81. The quantitative estimate of drug-likeness (QED) is 0.556. The first-order valence-electron chi connectivity index (χ1n) is 9.52. The summed E-state index contributed by atoms with van der Waals surface area (Å²) >= 11 is 0. The highest BCUT2D eigenvalue weighted by Gasteiger charge is 2.22. The van der Waals surface area contributed by atoms with Gasteiger partial charge in [-0.15, -0.1) is 0 Å². The molecule has 0 aliphatic heterocycles. The Balaban J connectivity index is 1.72. The minimum atomic E-state index is -0.585. The molecule has 8 heteroatoms. The Morgan fingerprint density at radius 1 is 1.07 bits per heavy atom. The van der Waals surface area contributed by atoms with Gasteiger partial charge in [0.2, 0.25) is 5.91 Å².